The first-order valence-electron chi connectivity index (χ1n) is 6.87. The zero-order valence-corrected chi connectivity index (χ0v) is 11.8. The summed E-state index contributed by atoms with van der Waals surface area (Å²) in [5, 5.41) is 15.5. The molecule has 0 aliphatic rings. The van der Waals surface area contributed by atoms with Crippen molar-refractivity contribution in [3.63, 3.8) is 0 Å². The Bertz CT molecular complexity index is 520. The van der Waals surface area contributed by atoms with Crippen LogP contribution in [0.4, 0.5) is 0 Å². The molecule has 0 saturated heterocycles. The number of hydrogen-bond acceptors (Lipinski definition) is 4. The van der Waals surface area contributed by atoms with Gasteiger partial charge in [-0.15, -0.1) is 5.10 Å². The van der Waals surface area contributed by atoms with Crippen molar-refractivity contribution in [2.24, 2.45) is 0 Å². The summed E-state index contributed by atoms with van der Waals surface area (Å²) >= 11 is 0. The molecule has 0 fully saturated rings. The maximum Gasteiger partial charge on any atom is 0.173 e. The summed E-state index contributed by atoms with van der Waals surface area (Å²) in [4.78, 5) is 0. The Morgan fingerprint density at radius 2 is 2.16 bits per heavy atom. The summed E-state index contributed by atoms with van der Waals surface area (Å²) in [5.41, 5.74) is 2.30. The predicted octanol–water partition coefficient (Wildman–Crippen LogP) is 2.29. The number of aromatic nitrogens is 4. The maximum atomic E-state index is 4.14. The summed E-state index contributed by atoms with van der Waals surface area (Å²) in [5.74, 6) is 0.849. The van der Waals surface area contributed by atoms with E-state index < -0.39 is 0 Å². The fourth-order valence-electron chi connectivity index (χ4n) is 2.01. The Kier molecular flexibility index (Phi) is 4.63. The number of hydrogen-bond donors (Lipinski definition) is 1. The van der Waals surface area contributed by atoms with E-state index >= 15 is 0 Å². The van der Waals surface area contributed by atoms with Crippen molar-refractivity contribution in [1.29, 1.82) is 0 Å². The van der Waals surface area contributed by atoms with Gasteiger partial charge in [-0.3, -0.25) is 0 Å². The molecule has 1 atom stereocenters. The second-order valence-electron chi connectivity index (χ2n) is 4.65. The van der Waals surface area contributed by atoms with Crippen molar-refractivity contribution >= 4 is 0 Å². The van der Waals surface area contributed by atoms with E-state index in [0.717, 1.165) is 30.9 Å². The van der Waals surface area contributed by atoms with Gasteiger partial charge in [0.05, 0.1) is 11.7 Å². The standard InChI is InChI=1S/C14H21N5/c1-4-9-15-11(3)14-16-17-18-19(14)13-8-6-7-12(5-2)10-13/h6-8,10-11,15H,4-5,9H2,1-3H3. The van der Waals surface area contributed by atoms with Crippen molar-refractivity contribution in [3.05, 3.63) is 35.7 Å². The molecule has 1 N–H and O–H groups in total. The molecule has 0 radical (unpaired) electrons. The Morgan fingerprint density at radius 3 is 2.89 bits per heavy atom. The summed E-state index contributed by atoms with van der Waals surface area (Å²) < 4.78 is 1.81. The van der Waals surface area contributed by atoms with E-state index in [4.69, 9.17) is 0 Å². The van der Waals surface area contributed by atoms with Crippen LogP contribution in [0.25, 0.3) is 5.69 Å². The summed E-state index contributed by atoms with van der Waals surface area (Å²) in [6.07, 6.45) is 2.10. The van der Waals surface area contributed by atoms with Gasteiger partial charge in [-0.05, 0) is 54.4 Å². The molecular weight excluding hydrogens is 238 g/mol. The Morgan fingerprint density at radius 1 is 1.32 bits per heavy atom. The van der Waals surface area contributed by atoms with Crippen LogP contribution in [0, 0.1) is 0 Å². The van der Waals surface area contributed by atoms with E-state index in [9.17, 15) is 0 Å². The highest BCUT2D eigenvalue weighted by atomic mass is 15.5. The molecule has 0 saturated carbocycles. The van der Waals surface area contributed by atoms with Crippen molar-refractivity contribution in [1.82, 2.24) is 25.5 Å². The van der Waals surface area contributed by atoms with Crippen LogP contribution in [0.5, 0.6) is 0 Å². The average Bonchev–Trinajstić information content (AvgIpc) is 2.94. The lowest BCUT2D eigenvalue weighted by molar-refractivity contribution is 0.531. The zero-order valence-electron chi connectivity index (χ0n) is 11.8. The minimum atomic E-state index is 0.139. The van der Waals surface area contributed by atoms with Crippen LogP contribution in [0.3, 0.4) is 0 Å². The largest absolute Gasteiger partial charge is 0.307 e. The molecule has 19 heavy (non-hydrogen) atoms. The molecule has 0 amide bonds. The van der Waals surface area contributed by atoms with Gasteiger partial charge in [-0.1, -0.05) is 26.0 Å². The number of tetrazole rings is 1. The monoisotopic (exact) mass is 259 g/mol. The predicted molar refractivity (Wildman–Crippen MR) is 75.2 cm³/mol. The van der Waals surface area contributed by atoms with Gasteiger partial charge in [-0.25, -0.2) is 0 Å². The van der Waals surface area contributed by atoms with Crippen molar-refractivity contribution in [3.8, 4) is 5.69 Å². The second kappa shape index (κ2) is 6.43. The van der Waals surface area contributed by atoms with Gasteiger partial charge < -0.3 is 5.32 Å². The Hall–Kier alpha value is -1.75. The molecule has 0 aliphatic carbocycles. The molecule has 1 aromatic heterocycles. The minimum absolute atomic E-state index is 0.139. The first-order chi connectivity index (χ1) is 9.26. The molecule has 2 rings (SSSR count). The minimum Gasteiger partial charge on any atom is -0.307 e. The molecule has 5 nitrogen and oxygen atoms in total. The molecule has 102 valence electrons. The lowest BCUT2D eigenvalue weighted by atomic mass is 10.1. The highest BCUT2D eigenvalue weighted by Crippen LogP contribution is 2.15. The van der Waals surface area contributed by atoms with Crippen LogP contribution in [0.2, 0.25) is 0 Å². The number of benzene rings is 1. The summed E-state index contributed by atoms with van der Waals surface area (Å²) in [6, 6.07) is 8.47. The quantitative estimate of drug-likeness (QED) is 0.864. The molecule has 0 aliphatic heterocycles. The van der Waals surface area contributed by atoms with Crippen LogP contribution in [0.15, 0.2) is 24.3 Å². The maximum absolute atomic E-state index is 4.14. The zero-order chi connectivity index (χ0) is 13.7. The molecule has 0 spiro atoms. The van der Waals surface area contributed by atoms with Gasteiger partial charge in [0.2, 0.25) is 0 Å². The van der Waals surface area contributed by atoms with Crippen LogP contribution in [-0.4, -0.2) is 26.8 Å². The van der Waals surface area contributed by atoms with Crippen LogP contribution in [-0.2, 0) is 6.42 Å². The average molecular weight is 259 g/mol. The molecule has 2 aromatic rings. The topological polar surface area (TPSA) is 55.6 Å². The third kappa shape index (κ3) is 3.17. The summed E-state index contributed by atoms with van der Waals surface area (Å²) in [6.45, 7) is 7.34. The third-order valence-electron chi connectivity index (χ3n) is 3.14. The number of rotatable bonds is 6. The van der Waals surface area contributed by atoms with E-state index in [0.29, 0.717) is 0 Å². The van der Waals surface area contributed by atoms with Gasteiger partial charge in [-0.2, -0.15) is 4.68 Å². The molecule has 5 heteroatoms. The lowest BCUT2D eigenvalue weighted by Crippen LogP contribution is -2.22. The van der Waals surface area contributed by atoms with Gasteiger partial charge in [0.1, 0.15) is 0 Å². The number of nitrogens with one attached hydrogen (secondary N) is 1. The Balaban J connectivity index is 2.27. The Labute approximate surface area is 114 Å². The van der Waals surface area contributed by atoms with Crippen molar-refractivity contribution < 1.29 is 0 Å². The molecular formula is C14H21N5. The normalized spacial score (nSPS) is 12.6. The second-order valence-corrected chi connectivity index (χ2v) is 4.65. The SMILES string of the molecule is CCCNC(C)c1nnnn1-c1cccc(CC)c1. The highest BCUT2D eigenvalue weighted by molar-refractivity contribution is 5.35. The van der Waals surface area contributed by atoms with E-state index in [1.165, 1.54) is 5.56 Å². The molecule has 1 heterocycles. The first-order valence-corrected chi connectivity index (χ1v) is 6.87. The molecule has 0 bridgehead atoms. The molecule has 1 unspecified atom stereocenters. The van der Waals surface area contributed by atoms with Crippen LogP contribution < -0.4 is 5.32 Å². The van der Waals surface area contributed by atoms with Gasteiger partial charge >= 0.3 is 0 Å². The van der Waals surface area contributed by atoms with E-state index in [1.54, 1.807) is 0 Å². The van der Waals surface area contributed by atoms with Crippen LogP contribution in [0.1, 0.15) is 44.6 Å². The highest BCUT2D eigenvalue weighted by Gasteiger charge is 2.14. The number of aryl methyl sites for hydroxylation is 1. The van der Waals surface area contributed by atoms with Crippen LogP contribution >= 0.6 is 0 Å². The number of nitrogens with zero attached hydrogens (tertiary/aromatic N) is 4. The first kappa shape index (κ1) is 13.7. The fraction of sp³-hybridized carbons (Fsp3) is 0.500. The van der Waals surface area contributed by atoms with E-state index in [-0.39, 0.29) is 6.04 Å². The molecule has 1 aromatic carbocycles. The fourth-order valence-corrected chi connectivity index (χ4v) is 2.01. The lowest BCUT2D eigenvalue weighted by Gasteiger charge is -2.13. The van der Waals surface area contributed by atoms with Gasteiger partial charge in [0.25, 0.3) is 0 Å². The van der Waals surface area contributed by atoms with Crippen molar-refractivity contribution in [2.45, 2.75) is 39.7 Å². The van der Waals surface area contributed by atoms with E-state index in [2.05, 4.69) is 53.7 Å². The van der Waals surface area contributed by atoms with Gasteiger partial charge in [0, 0.05) is 0 Å². The summed E-state index contributed by atoms with van der Waals surface area (Å²) in [7, 11) is 0. The third-order valence-corrected chi connectivity index (χ3v) is 3.14. The van der Waals surface area contributed by atoms with Crippen molar-refractivity contribution in [2.75, 3.05) is 6.54 Å². The smallest absolute Gasteiger partial charge is 0.173 e. The van der Waals surface area contributed by atoms with E-state index in [1.807, 2.05) is 16.8 Å². The van der Waals surface area contributed by atoms with Gasteiger partial charge in [0.15, 0.2) is 5.82 Å².